The molecule has 0 spiro atoms. The van der Waals surface area contributed by atoms with Crippen LogP contribution in [0.1, 0.15) is 0 Å². The molecular weight excluding hydrogens is 276 g/mol. The van der Waals surface area contributed by atoms with Gasteiger partial charge in [0.05, 0.1) is 4.90 Å². The molecule has 3 rings (SSSR count). The summed E-state index contributed by atoms with van der Waals surface area (Å²) in [5.74, 6) is 0.201. The highest BCUT2D eigenvalue weighted by molar-refractivity contribution is 7.90. The number of nitrogens with two attached hydrogens (primary N) is 1. The van der Waals surface area contributed by atoms with E-state index in [0.717, 1.165) is 11.1 Å². The molecule has 0 saturated heterocycles. The molecule has 2 aromatic heterocycles. The van der Waals surface area contributed by atoms with Crippen molar-refractivity contribution in [3.63, 3.8) is 0 Å². The number of fused-ring (bicyclic) bond motifs is 1. The van der Waals surface area contributed by atoms with Crippen LogP contribution >= 0.6 is 0 Å². The number of benzene rings is 1. The minimum Gasteiger partial charge on any atom is -0.366 e. The third kappa shape index (κ3) is 2.23. The van der Waals surface area contributed by atoms with Crippen molar-refractivity contribution in [2.45, 2.75) is 4.90 Å². The predicted octanol–water partition coefficient (Wildman–Crippen LogP) is 1.38. The summed E-state index contributed by atoms with van der Waals surface area (Å²) >= 11 is 0. The largest absolute Gasteiger partial charge is 0.366 e. The lowest BCUT2D eigenvalue weighted by Gasteiger charge is -2.04. The first-order valence-electron chi connectivity index (χ1n) is 5.86. The van der Waals surface area contributed by atoms with Crippen LogP contribution in [0.4, 0.5) is 5.95 Å². The fourth-order valence-electron chi connectivity index (χ4n) is 1.98. The molecule has 0 amide bonds. The fraction of sp³-hybridized carbons (Fsp3) is 0.0769. The Kier molecular flexibility index (Phi) is 2.72. The number of rotatable bonds is 2. The van der Waals surface area contributed by atoms with E-state index in [1.54, 1.807) is 35.0 Å². The first-order valence-corrected chi connectivity index (χ1v) is 7.75. The maximum atomic E-state index is 11.6. The molecule has 3 aromatic rings. The van der Waals surface area contributed by atoms with Gasteiger partial charge in [0.1, 0.15) is 0 Å². The van der Waals surface area contributed by atoms with Gasteiger partial charge in [-0.3, -0.25) is 0 Å². The minimum absolute atomic E-state index is 0.201. The van der Waals surface area contributed by atoms with Gasteiger partial charge in [-0.25, -0.2) is 12.9 Å². The lowest BCUT2D eigenvalue weighted by molar-refractivity contribution is 0.602. The van der Waals surface area contributed by atoms with Crippen LogP contribution in [0.15, 0.2) is 47.5 Å². The second-order valence-electron chi connectivity index (χ2n) is 4.49. The predicted molar refractivity (Wildman–Crippen MR) is 75.9 cm³/mol. The van der Waals surface area contributed by atoms with Crippen molar-refractivity contribution in [1.82, 2.24) is 14.6 Å². The van der Waals surface area contributed by atoms with Gasteiger partial charge in [-0.2, -0.15) is 4.98 Å². The first kappa shape index (κ1) is 12.6. The molecule has 0 atom stereocenters. The Hall–Kier alpha value is -2.41. The number of nitrogen functional groups attached to an aromatic ring is 1. The summed E-state index contributed by atoms with van der Waals surface area (Å²) in [5, 5.41) is 4.04. The lowest BCUT2D eigenvalue weighted by atomic mass is 10.1. The molecule has 0 aliphatic carbocycles. The third-order valence-corrected chi connectivity index (χ3v) is 4.05. The van der Waals surface area contributed by atoms with E-state index in [4.69, 9.17) is 5.73 Å². The molecule has 0 radical (unpaired) electrons. The van der Waals surface area contributed by atoms with Gasteiger partial charge in [0.25, 0.3) is 0 Å². The van der Waals surface area contributed by atoms with Crippen LogP contribution in [0.5, 0.6) is 0 Å². The molecule has 0 fully saturated rings. The Morgan fingerprint density at radius 1 is 1.15 bits per heavy atom. The highest BCUT2D eigenvalue weighted by Crippen LogP contribution is 2.22. The standard InChI is InChI=1S/C13H12N4O2S/c1-20(18,19)11-4-2-3-9(7-11)10-5-6-12-15-13(14)16-17(12)8-10/h2-8H,1H3,(H2,14,16). The van der Waals surface area contributed by atoms with Gasteiger partial charge in [0.15, 0.2) is 15.5 Å². The van der Waals surface area contributed by atoms with Crippen LogP contribution in [0.3, 0.4) is 0 Å². The summed E-state index contributed by atoms with van der Waals surface area (Å²) in [4.78, 5) is 4.32. The Labute approximate surface area is 115 Å². The summed E-state index contributed by atoms with van der Waals surface area (Å²) < 4.78 is 24.7. The van der Waals surface area contributed by atoms with Crippen LogP contribution in [0.2, 0.25) is 0 Å². The Bertz CT molecular complexity index is 900. The molecule has 20 heavy (non-hydrogen) atoms. The number of pyridine rings is 1. The van der Waals surface area contributed by atoms with E-state index in [2.05, 4.69) is 10.1 Å². The number of nitrogens with zero attached hydrogens (tertiary/aromatic N) is 3. The summed E-state index contributed by atoms with van der Waals surface area (Å²) in [5.41, 5.74) is 7.82. The number of sulfone groups is 1. The Morgan fingerprint density at radius 3 is 2.70 bits per heavy atom. The molecular formula is C13H12N4O2S. The molecule has 102 valence electrons. The van der Waals surface area contributed by atoms with Crippen molar-refractivity contribution in [3.8, 4) is 11.1 Å². The normalized spacial score (nSPS) is 11.8. The zero-order valence-electron chi connectivity index (χ0n) is 10.7. The summed E-state index contributed by atoms with van der Waals surface area (Å²) in [7, 11) is -3.23. The van der Waals surface area contributed by atoms with Crippen molar-refractivity contribution in [2.24, 2.45) is 0 Å². The average Bonchev–Trinajstić information content (AvgIpc) is 2.77. The van der Waals surface area contributed by atoms with E-state index in [1.165, 1.54) is 6.26 Å². The van der Waals surface area contributed by atoms with E-state index < -0.39 is 9.84 Å². The van der Waals surface area contributed by atoms with Crippen molar-refractivity contribution in [2.75, 3.05) is 12.0 Å². The minimum atomic E-state index is -3.23. The van der Waals surface area contributed by atoms with Gasteiger partial charge in [-0.1, -0.05) is 12.1 Å². The van der Waals surface area contributed by atoms with Gasteiger partial charge in [-0.05, 0) is 29.8 Å². The SMILES string of the molecule is CS(=O)(=O)c1cccc(-c2ccc3nc(N)nn3c2)c1. The fourth-order valence-corrected chi connectivity index (χ4v) is 2.64. The number of aromatic nitrogens is 3. The van der Waals surface area contributed by atoms with Gasteiger partial charge >= 0.3 is 0 Å². The van der Waals surface area contributed by atoms with Crippen LogP contribution in [0.25, 0.3) is 16.8 Å². The monoisotopic (exact) mass is 288 g/mol. The van der Waals surface area contributed by atoms with Crippen molar-refractivity contribution < 1.29 is 8.42 Å². The summed E-state index contributed by atoms with van der Waals surface area (Å²) in [6, 6.07) is 10.4. The number of hydrogen-bond acceptors (Lipinski definition) is 5. The van der Waals surface area contributed by atoms with Crippen LogP contribution in [-0.2, 0) is 9.84 Å². The quantitative estimate of drug-likeness (QED) is 0.769. The molecule has 2 heterocycles. The summed E-state index contributed by atoms with van der Waals surface area (Å²) in [6.45, 7) is 0. The zero-order valence-corrected chi connectivity index (χ0v) is 11.5. The van der Waals surface area contributed by atoms with Gasteiger partial charge in [-0.15, -0.1) is 5.10 Å². The molecule has 1 aromatic carbocycles. The molecule has 0 aliphatic heterocycles. The van der Waals surface area contributed by atoms with Crippen molar-refractivity contribution in [3.05, 3.63) is 42.6 Å². The molecule has 7 heteroatoms. The third-order valence-electron chi connectivity index (χ3n) is 2.94. The highest BCUT2D eigenvalue weighted by atomic mass is 32.2. The maximum absolute atomic E-state index is 11.6. The van der Waals surface area contributed by atoms with E-state index in [0.29, 0.717) is 5.65 Å². The van der Waals surface area contributed by atoms with Crippen LogP contribution in [0, 0.1) is 0 Å². The first-order chi connectivity index (χ1) is 9.43. The molecule has 2 N–H and O–H groups in total. The number of hydrogen-bond donors (Lipinski definition) is 1. The molecule has 0 bridgehead atoms. The van der Waals surface area contributed by atoms with E-state index in [-0.39, 0.29) is 10.8 Å². The van der Waals surface area contributed by atoms with Gasteiger partial charge in [0.2, 0.25) is 5.95 Å². The summed E-state index contributed by atoms with van der Waals surface area (Å²) in [6.07, 6.45) is 2.95. The maximum Gasteiger partial charge on any atom is 0.240 e. The lowest BCUT2D eigenvalue weighted by Crippen LogP contribution is -1.97. The molecule has 0 aliphatic rings. The topological polar surface area (TPSA) is 90.3 Å². The average molecular weight is 288 g/mol. The number of anilines is 1. The highest BCUT2D eigenvalue weighted by Gasteiger charge is 2.09. The van der Waals surface area contributed by atoms with E-state index in [9.17, 15) is 8.42 Å². The van der Waals surface area contributed by atoms with E-state index in [1.807, 2.05) is 12.1 Å². The van der Waals surface area contributed by atoms with Crippen LogP contribution < -0.4 is 5.73 Å². The molecule has 6 nitrogen and oxygen atoms in total. The molecule has 0 saturated carbocycles. The van der Waals surface area contributed by atoms with Crippen molar-refractivity contribution in [1.29, 1.82) is 0 Å². The van der Waals surface area contributed by atoms with Gasteiger partial charge in [0, 0.05) is 18.0 Å². The van der Waals surface area contributed by atoms with Crippen LogP contribution in [-0.4, -0.2) is 29.3 Å². The smallest absolute Gasteiger partial charge is 0.240 e. The van der Waals surface area contributed by atoms with E-state index >= 15 is 0 Å². The Morgan fingerprint density at radius 2 is 1.95 bits per heavy atom. The second kappa shape index (κ2) is 4.31. The van der Waals surface area contributed by atoms with Crippen molar-refractivity contribution >= 4 is 21.4 Å². The zero-order chi connectivity index (χ0) is 14.3. The second-order valence-corrected chi connectivity index (χ2v) is 6.51. The van der Waals surface area contributed by atoms with Gasteiger partial charge < -0.3 is 5.73 Å². The molecule has 0 unspecified atom stereocenters. The Balaban J connectivity index is 2.15.